The lowest BCUT2D eigenvalue weighted by Gasteiger charge is -2.14. The molecule has 0 bridgehead atoms. The van der Waals surface area contributed by atoms with Gasteiger partial charge in [0.25, 0.3) is 0 Å². The van der Waals surface area contributed by atoms with E-state index >= 15 is 0 Å². The van der Waals surface area contributed by atoms with Gasteiger partial charge in [0.05, 0.1) is 20.3 Å². The summed E-state index contributed by atoms with van der Waals surface area (Å²) in [5.41, 5.74) is 0. The Morgan fingerprint density at radius 2 is 2.00 bits per heavy atom. The largest absolute Gasteiger partial charge is 0.497 e. The molecule has 0 aromatic heterocycles. The topological polar surface area (TPSA) is 84.9 Å². The van der Waals surface area contributed by atoms with Crippen molar-refractivity contribution in [1.29, 1.82) is 0 Å². The summed E-state index contributed by atoms with van der Waals surface area (Å²) in [4.78, 5) is 0.0181. The fourth-order valence-electron chi connectivity index (χ4n) is 1.72. The van der Waals surface area contributed by atoms with E-state index in [1.165, 1.54) is 26.4 Å². The van der Waals surface area contributed by atoms with Gasteiger partial charge in [0.1, 0.15) is 16.4 Å². The van der Waals surface area contributed by atoms with Crippen LogP contribution in [0.15, 0.2) is 23.1 Å². The summed E-state index contributed by atoms with van der Waals surface area (Å²) in [6.07, 6.45) is 0.635. The number of hydrogen-bond donors (Lipinski definition) is 2. The molecule has 0 aliphatic heterocycles. The molecule has 1 unspecified atom stereocenters. The maximum atomic E-state index is 12.2. The predicted octanol–water partition coefficient (Wildman–Crippen LogP) is 1.14. The van der Waals surface area contributed by atoms with E-state index < -0.39 is 16.1 Å². The first-order chi connectivity index (χ1) is 9.44. The Morgan fingerprint density at radius 3 is 2.55 bits per heavy atom. The maximum absolute atomic E-state index is 12.2. The van der Waals surface area contributed by atoms with E-state index in [1.807, 2.05) is 6.92 Å². The van der Waals surface area contributed by atoms with Gasteiger partial charge >= 0.3 is 0 Å². The van der Waals surface area contributed by atoms with Gasteiger partial charge in [-0.2, -0.15) is 0 Å². The van der Waals surface area contributed by atoms with E-state index in [9.17, 15) is 13.5 Å². The Bertz CT molecular complexity index is 530. The Balaban J connectivity index is 2.92. The molecule has 1 atom stereocenters. The van der Waals surface area contributed by atoms with E-state index in [4.69, 9.17) is 9.47 Å². The number of rotatable bonds is 8. The molecule has 20 heavy (non-hydrogen) atoms. The second-order valence-corrected chi connectivity index (χ2v) is 6.05. The first-order valence-electron chi connectivity index (χ1n) is 6.34. The van der Waals surface area contributed by atoms with Crippen molar-refractivity contribution in [3.8, 4) is 11.5 Å². The zero-order chi connectivity index (χ0) is 15.2. The summed E-state index contributed by atoms with van der Waals surface area (Å²) in [5.74, 6) is 0.702. The second-order valence-electron chi connectivity index (χ2n) is 4.31. The number of ether oxygens (including phenoxy) is 2. The highest BCUT2D eigenvalue weighted by atomic mass is 32.2. The van der Waals surface area contributed by atoms with Gasteiger partial charge in [-0.15, -0.1) is 0 Å². The molecule has 0 heterocycles. The number of hydrogen-bond acceptors (Lipinski definition) is 5. The predicted molar refractivity (Wildman–Crippen MR) is 75.6 cm³/mol. The molecule has 0 amide bonds. The highest BCUT2D eigenvalue weighted by molar-refractivity contribution is 7.89. The Hall–Kier alpha value is -1.31. The van der Waals surface area contributed by atoms with Crippen LogP contribution in [-0.2, 0) is 10.0 Å². The molecule has 0 saturated carbocycles. The molecule has 0 aliphatic carbocycles. The summed E-state index contributed by atoms with van der Waals surface area (Å²) < 4.78 is 36.8. The molecule has 6 nitrogen and oxygen atoms in total. The standard InChI is InChI=1S/C13H21NO5S/c1-4-5-10(15)9-14-20(16,17)13-7-6-11(18-2)8-12(13)19-3/h6-8,10,14-15H,4-5,9H2,1-3H3. The Labute approximate surface area is 119 Å². The SMILES string of the molecule is CCCC(O)CNS(=O)(=O)c1ccc(OC)cc1OC. The summed E-state index contributed by atoms with van der Waals surface area (Å²) in [7, 11) is -0.855. The van der Waals surface area contributed by atoms with Crippen LogP contribution in [0.3, 0.4) is 0 Å². The number of benzene rings is 1. The zero-order valence-corrected chi connectivity index (χ0v) is 12.7. The molecule has 0 spiro atoms. The van der Waals surface area contributed by atoms with Gasteiger partial charge in [-0.25, -0.2) is 13.1 Å². The normalized spacial score (nSPS) is 13.0. The number of methoxy groups -OCH3 is 2. The van der Waals surface area contributed by atoms with Gasteiger partial charge < -0.3 is 14.6 Å². The molecular weight excluding hydrogens is 282 g/mol. The van der Waals surface area contributed by atoms with Crippen LogP contribution in [0.1, 0.15) is 19.8 Å². The second kappa shape index (κ2) is 7.47. The molecule has 7 heteroatoms. The van der Waals surface area contributed by atoms with Crippen molar-refractivity contribution in [3.63, 3.8) is 0 Å². The number of aliphatic hydroxyl groups excluding tert-OH is 1. The summed E-state index contributed by atoms with van der Waals surface area (Å²) in [6, 6.07) is 4.45. The van der Waals surface area contributed by atoms with Crippen LogP contribution < -0.4 is 14.2 Å². The van der Waals surface area contributed by atoms with Crippen molar-refractivity contribution in [2.75, 3.05) is 20.8 Å². The fourth-order valence-corrected chi connectivity index (χ4v) is 2.94. The molecule has 0 aliphatic rings. The van der Waals surface area contributed by atoms with E-state index in [0.29, 0.717) is 12.2 Å². The van der Waals surface area contributed by atoms with Gasteiger partial charge in [0.15, 0.2) is 0 Å². The van der Waals surface area contributed by atoms with Gasteiger partial charge in [-0.1, -0.05) is 13.3 Å². The third-order valence-corrected chi connectivity index (χ3v) is 4.25. The summed E-state index contributed by atoms with van der Waals surface area (Å²) in [5, 5.41) is 9.59. The molecule has 114 valence electrons. The van der Waals surface area contributed by atoms with E-state index in [1.54, 1.807) is 6.07 Å². The highest BCUT2D eigenvalue weighted by Gasteiger charge is 2.20. The highest BCUT2D eigenvalue weighted by Crippen LogP contribution is 2.28. The monoisotopic (exact) mass is 303 g/mol. The van der Waals surface area contributed by atoms with E-state index in [-0.39, 0.29) is 17.2 Å². The van der Waals surface area contributed by atoms with Gasteiger partial charge in [0, 0.05) is 12.6 Å². The van der Waals surface area contributed by atoms with Crippen LogP contribution in [0.2, 0.25) is 0 Å². The molecule has 1 aromatic carbocycles. The number of nitrogens with one attached hydrogen (secondary N) is 1. The molecule has 1 rings (SSSR count). The van der Waals surface area contributed by atoms with Gasteiger partial charge in [-0.3, -0.25) is 0 Å². The minimum absolute atomic E-state index is 0.0181. The van der Waals surface area contributed by atoms with Crippen LogP contribution in [0.5, 0.6) is 11.5 Å². The quantitative estimate of drug-likeness (QED) is 0.752. The molecule has 0 fully saturated rings. The molecule has 0 radical (unpaired) electrons. The smallest absolute Gasteiger partial charge is 0.244 e. The van der Waals surface area contributed by atoms with Crippen LogP contribution in [-0.4, -0.2) is 40.4 Å². The van der Waals surface area contributed by atoms with Crippen molar-refractivity contribution in [1.82, 2.24) is 4.72 Å². The van der Waals surface area contributed by atoms with Gasteiger partial charge in [0.2, 0.25) is 10.0 Å². The Kier molecular flexibility index (Phi) is 6.25. The lowest BCUT2D eigenvalue weighted by molar-refractivity contribution is 0.167. The van der Waals surface area contributed by atoms with Gasteiger partial charge in [-0.05, 0) is 18.6 Å². The first-order valence-corrected chi connectivity index (χ1v) is 7.82. The molecule has 1 aromatic rings. The van der Waals surface area contributed by atoms with Crippen LogP contribution in [0, 0.1) is 0 Å². The minimum Gasteiger partial charge on any atom is -0.497 e. The van der Waals surface area contributed by atoms with Crippen molar-refractivity contribution in [2.45, 2.75) is 30.8 Å². The molecule has 2 N–H and O–H groups in total. The maximum Gasteiger partial charge on any atom is 0.244 e. The molecule has 0 saturated heterocycles. The van der Waals surface area contributed by atoms with Crippen molar-refractivity contribution in [2.24, 2.45) is 0 Å². The minimum atomic E-state index is -3.73. The Morgan fingerprint density at radius 1 is 1.30 bits per heavy atom. The number of sulfonamides is 1. The van der Waals surface area contributed by atoms with Crippen LogP contribution >= 0.6 is 0 Å². The van der Waals surface area contributed by atoms with E-state index in [0.717, 1.165) is 6.42 Å². The van der Waals surface area contributed by atoms with E-state index in [2.05, 4.69) is 4.72 Å². The molecular formula is C13H21NO5S. The van der Waals surface area contributed by atoms with Crippen molar-refractivity contribution >= 4 is 10.0 Å². The number of aliphatic hydroxyl groups is 1. The van der Waals surface area contributed by atoms with Crippen molar-refractivity contribution in [3.05, 3.63) is 18.2 Å². The summed E-state index contributed by atoms with van der Waals surface area (Å²) in [6.45, 7) is 1.90. The lowest BCUT2D eigenvalue weighted by Crippen LogP contribution is -2.32. The fraction of sp³-hybridized carbons (Fsp3) is 0.538. The van der Waals surface area contributed by atoms with Crippen LogP contribution in [0.25, 0.3) is 0 Å². The summed E-state index contributed by atoms with van der Waals surface area (Å²) >= 11 is 0. The average molecular weight is 303 g/mol. The zero-order valence-electron chi connectivity index (χ0n) is 11.9. The average Bonchev–Trinajstić information content (AvgIpc) is 2.44. The third kappa shape index (κ3) is 4.36. The first kappa shape index (κ1) is 16.7. The van der Waals surface area contributed by atoms with Crippen LogP contribution in [0.4, 0.5) is 0 Å². The lowest BCUT2D eigenvalue weighted by atomic mass is 10.2. The third-order valence-electron chi connectivity index (χ3n) is 2.79. The van der Waals surface area contributed by atoms with Crippen molar-refractivity contribution < 1.29 is 23.0 Å².